The fourth-order valence-electron chi connectivity index (χ4n) is 5.67. The highest BCUT2D eigenvalue weighted by Crippen LogP contribution is 2.44. The zero-order chi connectivity index (χ0) is 30.7. The molecule has 4 aromatic carbocycles. The molecule has 0 spiro atoms. The number of amides is 2. The molecule has 1 aliphatic rings. The number of carboxylic acids is 1. The van der Waals surface area contributed by atoms with E-state index in [4.69, 9.17) is 4.74 Å². The van der Waals surface area contributed by atoms with E-state index in [1.54, 1.807) is 0 Å². The van der Waals surface area contributed by atoms with Crippen molar-refractivity contribution in [2.75, 3.05) is 19.3 Å². The zero-order valence-corrected chi connectivity index (χ0v) is 25.4. The third-order valence-electron chi connectivity index (χ3n) is 7.87. The quantitative estimate of drug-likeness (QED) is 0.124. The van der Waals surface area contributed by atoms with Crippen LogP contribution in [0.3, 0.4) is 0 Å². The van der Waals surface area contributed by atoms with Gasteiger partial charge in [0.2, 0.25) is 5.91 Å². The Morgan fingerprint density at radius 3 is 1.86 bits per heavy atom. The van der Waals surface area contributed by atoms with E-state index in [0.29, 0.717) is 25.8 Å². The van der Waals surface area contributed by atoms with Crippen LogP contribution in [-0.4, -0.2) is 48.4 Å². The minimum absolute atomic E-state index is 0.0177. The van der Waals surface area contributed by atoms with E-state index in [9.17, 15) is 19.5 Å². The van der Waals surface area contributed by atoms with Crippen LogP contribution in [-0.2, 0) is 14.3 Å². The second-order valence-corrected chi connectivity index (χ2v) is 13.1. The Hall–Kier alpha value is -4.48. The summed E-state index contributed by atoms with van der Waals surface area (Å²) >= 11 is 0. The summed E-state index contributed by atoms with van der Waals surface area (Å²) in [7, 11) is -0.640. The number of benzene rings is 4. The number of hydrogen-bond acceptors (Lipinski definition) is 4. The Bertz CT molecular complexity index is 1480. The predicted octanol–water partition coefficient (Wildman–Crippen LogP) is 5.79. The molecule has 0 saturated carbocycles. The smallest absolute Gasteiger partial charge is 0.407 e. The lowest BCUT2D eigenvalue weighted by molar-refractivity contribution is -0.139. The third kappa shape index (κ3) is 7.91. The number of alkyl carbamates (subject to hydrolysis) is 1. The van der Waals surface area contributed by atoms with Crippen LogP contribution in [0.4, 0.5) is 4.79 Å². The molecule has 3 N–H and O–H groups in total. The Morgan fingerprint density at radius 1 is 0.750 bits per heavy atom. The highest BCUT2D eigenvalue weighted by atomic mass is 31.1. The fraction of sp³-hybridized carbons (Fsp3) is 0.250. The lowest BCUT2D eigenvalue weighted by atomic mass is 9.98. The van der Waals surface area contributed by atoms with Gasteiger partial charge in [-0.1, -0.05) is 109 Å². The molecule has 7 nitrogen and oxygen atoms in total. The number of hydrogen-bond donors (Lipinski definition) is 3. The van der Waals surface area contributed by atoms with Crippen LogP contribution in [0.15, 0.2) is 109 Å². The average molecular weight is 609 g/mol. The molecule has 0 fully saturated rings. The maximum atomic E-state index is 12.6. The summed E-state index contributed by atoms with van der Waals surface area (Å²) in [6.45, 7) is 0.569. The molecule has 226 valence electrons. The summed E-state index contributed by atoms with van der Waals surface area (Å²) in [4.78, 5) is 37.1. The fourth-order valence-corrected chi connectivity index (χ4v) is 7.97. The molecule has 0 bridgehead atoms. The van der Waals surface area contributed by atoms with Crippen LogP contribution >= 0.6 is 7.92 Å². The number of unbranched alkanes of at least 4 members (excludes halogenated alkanes) is 1. The molecule has 5 rings (SSSR count). The molecule has 4 aromatic rings. The van der Waals surface area contributed by atoms with Crippen LogP contribution < -0.4 is 21.2 Å². The van der Waals surface area contributed by atoms with Crippen molar-refractivity contribution in [3.05, 3.63) is 120 Å². The van der Waals surface area contributed by atoms with Gasteiger partial charge in [-0.3, -0.25) is 4.79 Å². The van der Waals surface area contributed by atoms with Crippen LogP contribution in [0.5, 0.6) is 0 Å². The Balaban J connectivity index is 1.03. The molecule has 0 saturated heterocycles. The number of ether oxygens (including phenoxy) is 1. The number of carbonyl (C=O) groups is 3. The summed E-state index contributed by atoms with van der Waals surface area (Å²) in [6, 6.07) is 35.6. The van der Waals surface area contributed by atoms with Gasteiger partial charge in [-0.05, 0) is 66.2 Å². The lowest BCUT2D eigenvalue weighted by Crippen LogP contribution is -2.41. The highest BCUT2D eigenvalue weighted by Gasteiger charge is 2.29. The molecular formula is C36H37N2O5P. The first-order chi connectivity index (χ1) is 21.5. The van der Waals surface area contributed by atoms with Crippen LogP contribution in [0.1, 0.15) is 42.7 Å². The van der Waals surface area contributed by atoms with Crippen molar-refractivity contribution in [3.63, 3.8) is 0 Å². The predicted molar refractivity (Wildman–Crippen MR) is 175 cm³/mol. The molecule has 0 radical (unpaired) electrons. The number of rotatable bonds is 14. The first-order valence-corrected chi connectivity index (χ1v) is 16.5. The van der Waals surface area contributed by atoms with Gasteiger partial charge in [0.15, 0.2) is 0 Å². The number of carbonyl (C=O) groups excluding carboxylic acids is 2. The van der Waals surface area contributed by atoms with Crippen molar-refractivity contribution in [2.24, 2.45) is 0 Å². The molecule has 1 aliphatic carbocycles. The van der Waals surface area contributed by atoms with E-state index in [-0.39, 0.29) is 24.9 Å². The normalized spacial score (nSPS) is 12.7. The summed E-state index contributed by atoms with van der Waals surface area (Å²) < 4.78 is 5.52. The van der Waals surface area contributed by atoms with Crippen molar-refractivity contribution in [2.45, 2.75) is 37.6 Å². The van der Waals surface area contributed by atoms with E-state index in [1.165, 1.54) is 10.6 Å². The van der Waals surface area contributed by atoms with Gasteiger partial charge in [0.25, 0.3) is 0 Å². The van der Waals surface area contributed by atoms with Crippen molar-refractivity contribution in [1.29, 1.82) is 0 Å². The summed E-state index contributed by atoms with van der Waals surface area (Å²) in [5.74, 6) is -1.23. The van der Waals surface area contributed by atoms with Crippen LogP contribution in [0, 0.1) is 0 Å². The SMILES string of the molecule is O=C(CCP(c1ccccc1)c1ccccc1)NCCCC[C@H](NC(=O)OCC1c2ccccc2-c2ccccc21)C(=O)O. The van der Waals surface area contributed by atoms with Crippen LogP contribution in [0.25, 0.3) is 11.1 Å². The minimum atomic E-state index is -1.11. The Kier molecular flexibility index (Phi) is 10.8. The van der Waals surface area contributed by atoms with Gasteiger partial charge in [0.05, 0.1) is 0 Å². The van der Waals surface area contributed by atoms with E-state index >= 15 is 0 Å². The standard InChI is InChI=1S/C36H37N2O5P/c39-34(22-24-44(26-13-3-1-4-14-26)27-15-5-2-6-16-27)37-23-12-11-21-33(35(40)41)38-36(42)43-25-32-30-19-9-7-17-28(30)29-18-8-10-20-31(29)32/h1-10,13-20,32-33H,11-12,21-25H2,(H,37,39)(H,38,42)(H,40,41)/t33-/m0/s1. The van der Waals surface area contributed by atoms with Gasteiger partial charge in [0, 0.05) is 18.9 Å². The maximum Gasteiger partial charge on any atom is 0.407 e. The number of aliphatic carboxylic acids is 1. The topological polar surface area (TPSA) is 105 Å². The number of nitrogens with one attached hydrogen (secondary N) is 2. The van der Waals surface area contributed by atoms with Gasteiger partial charge < -0.3 is 20.5 Å². The number of fused-ring (bicyclic) bond motifs is 3. The van der Waals surface area contributed by atoms with Gasteiger partial charge in [-0.25, -0.2) is 9.59 Å². The molecule has 8 heteroatoms. The monoisotopic (exact) mass is 608 g/mol. The third-order valence-corrected chi connectivity index (χ3v) is 10.4. The van der Waals surface area contributed by atoms with Gasteiger partial charge in [-0.2, -0.15) is 0 Å². The van der Waals surface area contributed by atoms with E-state index in [2.05, 4.69) is 47.0 Å². The minimum Gasteiger partial charge on any atom is -0.480 e. The van der Waals surface area contributed by atoms with Gasteiger partial charge in [0.1, 0.15) is 12.6 Å². The molecule has 0 unspecified atom stereocenters. The van der Waals surface area contributed by atoms with Crippen molar-refractivity contribution in [1.82, 2.24) is 10.6 Å². The van der Waals surface area contributed by atoms with Gasteiger partial charge >= 0.3 is 12.1 Å². The summed E-state index contributed by atoms with van der Waals surface area (Å²) in [5.41, 5.74) is 4.44. The molecule has 0 aliphatic heterocycles. The summed E-state index contributed by atoms with van der Waals surface area (Å²) in [6.07, 6.45) is 1.79. The Labute approximate surface area is 259 Å². The molecule has 1 atom stereocenters. The molecule has 0 aromatic heterocycles. The molecule has 2 amide bonds. The molecular weight excluding hydrogens is 571 g/mol. The Morgan fingerprint density at radius 2 is 1.30 bits per heavy atom. The first kappa shape index (κ1) is 31.0. The zero-order valence-electron chi connectivity index (χ0n) is 24.5. The van der Waals surface area contributed by atoms with Crippen molar-refractivity contribution >= 4 is 36.5 Å². The molecule has 0 heterocycles. The van der Waals surface area contributed by atoms with E-state index in [1.807, 2.05) is 72.8 Å². The van der Waals surface area contributed by atoms with Crippen molar-refractivity contribution in [3.8, 4) is 11.1 Å². The van der Waals surface area contributed by atoms with E-state index in [0.717, 1.165) is 28.4 Å². The van der Waals surface area contributed by atoms with Crippen LogP contribution in [0.2, 0.25) is 0 Å². The number of carboxylic acid groups (broad SMARTS) is 1. The largest absolute Gasteiger partial charge is 0.480 e. The maximum absolute atomic E-state index is 12.6. The lowest BCUT2D eigenvalue weighted by Gasteiger charge is -2.18. The summed E-state index contributed by atoms with van der Waals surface area (Å²) in [5, 5.41) is 17.6. The van der Waals surface area contributed by atoms with E-state index < -0.39 is 26.0 Å². The molecule has 44 heavy (non-hydrogen) atoms. The average Bonchev–Trinajstić information content (AvgIpc) is 3.37. The second-order valence-electron chi connectivity index (χ2n) is 10.8. The second kappa shape index (κ2) is 15.3. The van der Waals surface area contributed by atoms with Gasteiger partial charge in [-0.15, -0.1) is 0 Å². The van der Waals surface area contributed by atoms with Crippen molar-refractivity contribution < 1.29 is 24.2 Å². The first-order valence-electron chi connectivity index (χ1n) is 15.0. The highest BCUT2D eigenvalue weighted by molar-refractivity contribution is 7.73.